The molecule has 2 atom stereocenters. The molecular formula is C22H20ClNO4. The maximum absolute atomic E-state index is 12.9. The molecule has 2 aliphatic rings. The maximum Gasteiger partial charge on any atom is 0.295 e. The van der Waals surface area contributed by atoms with Crippen LogP contribution in [0.25, 0.3) is 5.76 Å². The van der Waals surface area contributed by atoms with Crippen molar-refractivity contribution in [1.29, 1.82) is 0 Å². The minimum atomic E-state index is -0.681. The van der Waals surface area contributed by atoms with Crippen molar-refractivity contribution < 1.29 is 19.4 Å². The van der Waals surface area contributed by atoms with Crippen molar-refractivity contribution in [2.75, 3.05) is 13.2 Å². The van der Waals surface area contributed by atoms with E-state index < -0.39 is 17.7 Å². The predicted molar refractivity (Wildman–Crippen MR) is 106 cm³/mol. The zero-order chi connectivity index (χ0) is 19.7. The van der Waals surface area contributed by atoms with Crippen molar-refractivity contribution in [1.82, 2.24) is 4.90 Å². The third-order valence-corrected chi connectivity index (χ3v) is 5.45. The Morgan fingerprint density at radius 3 is 2.46 bits per heavy atom. The molecule has 2 aromatic carbocycles. The number of halogens is 1. The summed E-state index contributed by atoms with van der Waals surface area (Å²) in [5.41, 5.74) is 1.31. The molecule has 2 aromatic rings. The minimum Gasteiger partial charge on any atom is -0.507 e. The van der Waals surface area contributed by atoms with Crippen LogP contribution >= 0.6 is 11.6 Å². The fourth-order valence-corrected chi connectivity index (χ4v) is 3.95. The molecule has 28 heavy (non-hydrogen) atoms. The van der Waals surface area contributed by atoms with Crippen molar-refractivity contribution in [3.63, 3.8) is 0 Å². The zero-order valence-electron chi connectivity index (χ0n) is 15.2. The fourth-order valence-electron chi connectivity index (χ4n) is 3.82. The molecule has 1 amide bonds. The Kier molecular flexibility index (Phi) is 5.20. The number of amides is 1. The van der Waals surface area contributed by atoms with Crippen molar-refractivity contribution >= 4 is 29.1 Å². The van der Waals surface area contributed by atoms with Crippen molar-refractivity contribution in [3.8, 4) is 0 Å². The lowest BCUT2D eigenvalue weighted by molar-refractivity contribution is -0.140. The second-order valence-electron chi connectivity index (χ2n) is 7.00. The van der Waals surface area contributed by atoms with E-state index in [2.05, 4.69) is 0 Å². The molecule has 0 bridgehead atoms. The van der Waals surface area contributed by atoms with Gasteiger partial charge >= 0.3 is 0 Å². The zero-order valence-corrected chi connectivity index (χ0v) is 15.9. The molecule has 2 unspecified atom stereocenters. The number of benzene rings is 2. The number of hydrogen-bond acceptors (Lipinski definition) is 4. The first kappa shape index (κ1) is 18.7. The van der Waals surface area contributed by atoms with Crippen LogP contribution in [-0.2, 0) is 14.3 Å². The first-order chi connectivity index (χ1) is 13.6. The average Bonchev–Trinajstić information content (AvgIpc) is 3.31. The van der Waals surface area contributed by atoms with Crippen LogP contribution in [0.5, 0.6) is 0 Å². The van der Waals surface area contributed by atoms with Crippen LogP contribution in [0.2, 0.25) is 5.02 Å². The molecule has 0 saturated carbocycles. The highest BCUT2D eigenvalue weighted by molar-refractivity contribution is 6.46. The molecule has 1 N–H and O–H groups in total. The quantitative estimate of drug-likeness (QED) is 0.482. The second-order valence-corrected chi connectivity index (χ2v) is 7.44. The molecule has 2 fully saturated rings. The van der Waals surface area contributed by atoms with E-state index in [1.54, 1.807) is 24.3 Å². The van der Waals surface area contributed by atoms with Crippen molar-refractivity contribution in [2.45, 2.75) is 25.0 Å². The van der Waals surface area contributed by atoms with Gasteiger partial charge in [0, 0.05) is 23.7 Å². The summed E-state index contributed by atoms with van der Waals surface area (Å²) in [4.78, 5) is 27.2. The van der Waals surface area contributed by atoms with Crippen LogP contribution < -0.4 is 0 Å². The number of likely N-dealkylation sites (tertiary alicyclic amines) is 1. The van der Waals surface area contributed by atoms with Crippen LogP contribution in [0.4, 0.5) is 0 Å². The standard InChI is InChI=1S/C22H20ClNO4/c23-16-10-8-15(9-11-16)20(25)18-19(14-5-2-1-3-6-14)24(22(27)21(18)26)13-17-7-4-12-28-17/h1-3,5-6,8-11,17,19,25H,4,7,12-13H2/b20-18+. The van der Waals surface area contributed by atoms with Crippen LogP contribution in [0.15, 0.2) is 60.2 Å². The van der Waals surface area contributed by atoms with E-state index in [-0.39, 0.29) is 17.4 Å². The normalized spacial score (nSPS) is 24.1. The highest BCUT2D eigenvalue weighted by Crippen LogP contribution is 2.40. The summed E-state index contributed by atoms with van der Waals surface area (Å²) in [6.07, 6.45) is 1.69. The maximum atomic E-state index is 12.9. The molecule has 144 valence electrons. The lowest BCUT2D eigenvalue weighted by atomic mass is 9.95. The summed E-state index contributed by atoms with van der Waals surface area (Å²) >= 11 is 5.93. The smallest absolute Gasteiger partial charge is 0.295 e. The van der Waals surface area contributed by atoms with Crippen LogP contribution in [0, 0.1) is 0 Å². The van der Waals surface area contributed by atoms with E-state index in [4.69, 9.17) is 16.3 Å². The van der Waals surface area contributed by atoms with Gasteiger partial charge in [0.25, 0.3) is 11.7 Å². The monoisotopic (exact) mass is 397 g/mol. The highest BCUT2D eigenvalue weighted by Gasteiger charge is 2.46. The molecule has 0 radical (unpaired) electrons. The Morgan fingerprint density at radius 1 is 1.11 bits per heavy atom. The molecular weight excluding hydrogens is 378 g/mol. The van der Waals surface area contributed by atoms with E-state index in [1.165, 1.54) is 4.90 Å². The minimum absolute atomic E-state index is 0.0940. The summed E-state index contributed by atoms with van der Waals surface area (Å²) in [6.45, 7) is 0.983. The number of Topliss-reactive ketones (excluding diaryl/α,β-unsaturated/α-hetero) is 1. The molecule has 0 aromatic heterocycles. The molecule has 2 aliphatic heterocycles. The molecule has 6 heteroatoms. The Hall–Kier alpha value is -2.63. The fraction of sp³-hybridized carbons (Fsp3) is 0.273. The van der Waals surface area contributed by atoms with Gasteiger partial charge in [-0.05, 0) is 42.7 Å². The summed E-state index contributed by atoms with van der Waals surface area (Å²) in [5, 5.41) is 11.4. The number of carbonyl (C=O) groups is 2. The lowest BCUT2D eigenvalue weighted by Gasteiger charge is -2.27. The number of nitrogens with zero attached hydrogens (tertiary/aromatic N) is 1. The van der Waals surface area contributed by atoms with Crippen LogP contribution in [0.3, 0.4) is 0 Å². The van der Waals surface area contributed by atoms with Gasteiger partial charge < -0.3 is 14.7 Å². The van der Waals surface area contributed by atoms with Gasteiger partial charge in [-0.2, -0.15) is 0 Å². The topological polar surface area (TPSA) is 66.8 Å². The van der Waals surface area contributed by atoms with E-state index >= 15 is 0 Å². The van der Waals surface area contributed by atoms with Crippen molar-refractivity contribution in [3.05, 3.63) is 76.3 Å². The summed E-state index contributed by atoms with van der Waals surface area (Å²) in [6, 6.07) is 15.2. The van der Waals surface area contributed by atoms with Crippen molar-refractivity contribution in [2.24, 2.45) is 0 Å². The van der Waals surface area contributed by atoms with Gasteiger partial charge in [0.05, 0.1) is 17.7 Å². The van der Waals surface area contributed by atoms with Gasteiger partial charge in [0.1, 0.15) is 5.76 Å². The summed E-state index contributed by atoms with van der Waals surface area (Å²) < 4.78 is 5.68. The SMILES string of the molecule is O=C1C(=O)N(CC2CCCO2)C(c2ccccc2)/C1=C(\O)c1ccc(Cl)cc1. The van der Waals surface area contributed by atoms with E-state index in [0.29, 0.717) is 23.7 Å². The van der Waals surface area contributed by atoms with Crippen LogP contribution in [0.1, 0.15) is 30.0 Å². The Morgan fingerprint density at radius 2 is 1.82 bits per heavy atom. The van der Waals surface area contributed by atoms with Gasteiger partial charge in [-0.1, -0.05) is 41.9 Å². The summed E-state index contributed by atoms with van der Waals surface area (Å²) in [7, 11) is 0. The summed E-state index contributed by atoms with van der Waals surface area (Å²) in [5.74, 6) is -1.49. The number of aliphatic hydroxyl groups excluding tert-OH is 1. The van der Waals surface area contributed by atoms with E-state index in [0.717, 1.165) is 18.4 Å². The molecule has 0 spiro atoms. The predicted octanol–water partition coefficient (Wildman–Crippen LogP) is 3.94. The first-order valence-corrected chi connectivity index (χ1v) is 9.65. The number of aliphatic hydroxyl groups is 1. The van der Waals surface area contributed by atoms with E-state index in [9.17, 15) is 14.7 Å². The molecule has 4 rings (SSSR count). The van der Waals surface area contributed by atoms with E-state index in [1.807, 2.05) is 30.3 Å². The first-order valence-electron chi connectivity index (χ1n) is 9.27. The largest absolute Gasteiger partial charge is 0.507 e. The Balaban J connectivity index is 1.80. The third-order valence-electron chi connectivity index (χ3n) is 5.20. The lowest BCUT2D eigenvalue weighted by Crippen LogP contribution is -2.36. The number of ketones is 1. The molecule has 2 saturated heterocycles. The molecule has 2 heterocycles. The number of hydrogen-bond donors (Lipinski definition) is 1. The Labute approximate surface area is 168 Å². The highest BCUT2D eigenvalue weighted by atomic mass is 35.5. The van der Waals surface area contributed by atoms with Gasteiger partial charge in [-0.25, -0.2) is 0 Å². The van der Waals surface area contributed by atoms with Gasteiger partial charge in [-0.15, -0.1) is 0 Å². The average molecular weight is 398 g/mol. The number of carbonyl (C=O) groups excluding carboxylic acids is 2. The van der Waals surface area contributed by atoms with Gasteiger partial charge in [0.15, 0.2) is 0 Å². The van der Waals surface area contributed by atoms with Gasteiger partial charge in [-0.3, -0.25) is 9.59 Å². The Bertz CT molecular complexity index is 917. The van der Waals surface area contributed by atoms with Crippen LogP contribution in [-0.4, -0.2) is 41.0 Å². The van der Waals surface area contributed by atoms with Gasteiger partial charge in [0.2, 0.25) is 0 Å². The third kappa shape index (κ3) is 3.43. The number of ether oxygens (including phenoxy) is 1. The molecule has 5 nitrogen and oxygen atoms in total. The second kappa shape index (κ2) is 7.78. The molecule has 0 aliphatic carbocycles. The number of rotatable bonds is 4.